The fourth-order valence-corrected chi connectivity index (χ4v) is 5.32. The molecule has 0 bridgehead atoms. The number of fused-ring (bicyclic) bond motifs is 1. The van der Waals surface area contributed by atoms with E-state index in [9.17, 15) is 9.18 Å². The molecule has 1 saturated heterocycles. The first-order chi connectivity index (χ1) is 18.9. The topological polar surface area (TPSA) is 115 Å². The second-order valence-electron chi connectivity index (χ2n) is 9.23. The smallest absolute Gasteiger partial charge is 0.277 e. The Labute approximate surface area is 230 Å². The van der Waals surface area contributed by atoms with Crippen LogP contribution in [0, 0.1) is 5.82 Å². The Kier molecular flexibility index (Phi) is 8.18. The minimum absolute atomic E-state index is 0.125. The van der Waals surface area contributed by atoms with Crippen molar-refractivity contribution in [1.29, 1.82) is 0 Å². The van der Waals surface area contributed by atoms with Gasteiger partial charge in [-0.15, -0.1) is 11.3 Å². The van der Waals surface area contributed by atoms with Crippen LogP contribution in [0.25, 0.3) is 22.2 Å². The molecular formula is C28H31FN6O3S. The maximum Gasteiger partial charge on any atom is 0.277 e. The van der Waals surface area contributed by atoms with Gasteiger partial charge in [0.1, 0.15) is 17.5 Å². The highest BCUT2D eigenvalue weighted by Crippen LogP contribution is 2.36. The number of nitrogens with two attached hydrogens (primary N) is 1. The molecule has 204 valence electrons. The third-order valence-electron chi connectivity index (χ3n) is 6.44. The minimum atomic E-state index is -0.647. The van der Waals surface area contributed by atoms with E-state index in [0.29, 0.717) is 54.3 Å². The van der Waals surface area contributed by atoms with Crippen molar-refractivity contribution < 1.29 is 18.7 Å². The lowest BCUT2D eigenvalue weighted by Crippen LogP contribution is -2.30. The Morgan fingerprint density at radius 3 is 2.49 bits per heavy atom. The summed E-state index contributed by atoms with van der Waals surface area (Å²) in [4.78, 5) is 27.8. The fraction of sp³-hybridized carbons (Fsp3) is 0.357. The maximum absolute atomic E-state index is 14.8. The van der Waals surface area contributed by atoms with Gasteiger partial charge in [-0.3, -0.25) is 9.69 Å². The molecule has 1 amide bonds. The maximum atomic E-state index is 14.8. The Hall–Kier alpha value is -3.83. The summed E-state index contributed by atoms with van der Waals surface area (Å²) in [5.41, 5.74) is 7.26. The number of hydrogen-bond acceptors (Lipinski definition) is 9. The zero-order valence-electron chi connectivity index (χ0n) is 22.0. The quantitative estimate of drug-likeness (QED) is 0.265. The number of carbonyl (C=O) groups excluding carboxylic acids is 1. The highest BCUT2D eigenvalue weighted by molar-refractivity contribution is 7.12. The molecule has 0 saturated carbocycles. The standard InChI is InChI=1S/C28H31FN6O3S/c1-3-37-23-13-19-21(14-24(23)38-4-2)32-25(15-35-10-6-5-7-11-35)34-27(19)31-17-8-9-20(29)18(12-17)22-16-39-28(33-22)26(30)36/h8-9,12-14,16H,3-7,10-11,15H2,1-2H3,(H2,30,36)(H,31,32,34). The molecule has 11 heteroatoms. The molecule has 3 heterocycles. The third-order valence-corrected chi connectivity index (χ3v) is 7.30. The summed E-state index contributed by atoms with van der Waals surface area (Å²) in [5, 5.41) is 5.85. The summed E-state index contributed by atoms with van der Waals surface area (Å²) in [6, 6.07) is 8.40. The number of anilines is 2. The molecule has 0 spiro atoms. The summed E-state index contributed by atoms with van der Waals surface area (Å²) in [7, 11) is 0. The van der Waals surface area contributed by atoms with Crippen molar-refractivity contribution in [2.75, 3.05) is 31.6 Å². The summed E-state index contributed by atoms with van der Waals surface area (Å²) >= 11 is 1.08. The van der Waals surface area contributed by atoms with Crippen LogP contribution in [0.3, 0.4) is 0 Å². The van der Waals surface area contributed by atoms with Gasteiger partial charge in [-0.2, -0.15) is 0 Å². The zero-order chi connectivity index (χ0) is 27.4. The lowest BCUT2D eigenvalue weighted by atomic mass is 10.1. The van der Waals surface area contributed by atoms with E-state index in [-0.39, 0.29) is 10.6 Å². The van der Waals surface area contributed by atoms with Crippen LogP contribution in [0.5, 0.6) is 11.5 Å². The molecule has 2 aromatic carbocycles. The van der Waals surface area contributed by atoms with Crippen LogP contribution < -0.4 is 20.5 Å². The number of aromatic nitrogens is 3. The van der Waals surface area contributed by atoms with Gasteiger partial charge in [-0.25, -0.2) is 19.3 Å². The predicted octanol–water partition coefficient (Wildman–Crippen LogP) is 5.52. The van der Waals surface area contributed by atoms with Crippen LogP contribution in [0.1, 0.15) is 48.7 Å². The van der Waals surface area contributed by atoms with Crippen LogP contribution in [-0.4, -0.2) is 52.1 Å². The van der Waals surface area contributed by atoms with E-state index >= 15 is 0 Å². The van der Waals surface area contributed by atoms with Crippen molar-refractivity contribution in [2.45, 2.75) is 39.7 Å². The number of ether oxygens (including phenoxy) is 2. The first-order valence-electron chi connectivity index (χ1n) is 13.1. The summed E-state index contributed by atoms with van der Waals surface area (Å²) in [6.45, 7) is 7.47. The van der Waals surface area contributed by atoms with Crippen molar-refractivity contribution in [3.05, 3.63) is 52.4 Å². The van der Waals surface area contributed by atoms with E-state index in [1.807, 2.05) is 26.0 Å². The summed E-state index contributed by atoms with van der Waals surface area (Å²) < 4.78 is 26.5. The molecule has 0 aliphatic carbocycles. The minimum Gasteiger partial charge on any atom is -0.490 e. The number of carbonyl (C=O) groups is 1. The average Bonchev–Trinajstić information content (AvgIpc) is 3.42. The molecule has 0 atom stereocenters. The first-order valence-corrected chi connectivity index (χ1v) is 14.0. The highest BCUT2D eigenvalue weighted by atomic mass is 32.1. The zero-order valence-corrected chi connectivity index (χ0v) is 22.8. The number of primary amides is 1. The van der Waals surface area contributed by atoms with Gasteiger partial charge in [0.15, 0.2) is 16.5 Å². The second-order valence-corrected chi connectivity index (χ2v) is 10.1. The summed E-state index contributed by atoms with van der Waals surface area (Å²) in [5.74, 6) is 1.38. The molecule has 1 aliphatic rings. The van der Waals surface area contributed by atoms with Gasteiger partial charge >= 0.3 is 0 Å². The van der Waals surface area contributed by atoms with Gasteiger partial charge in [-0.05, 0) is 64.0 Å². The Balaban J connectivity index is 1.56. The number of piperidine rings is 1. The number of rotatable bonds is 10. The molecular weight excluding hydrogens is 519 g/mol. The van der Waals surface area contributed by atoms with Crippen molar-refractivity contribution >= 4 is 39.7 Å². The van der Waals surface area contributed by atoms with Crippen LogP contribution in [0.2, 0.25) is 0 Å². The lowest BCUT2D eigenvalue weighted by Gasteiger charge is -2.26. The van der Waals surface area contributed by atoms with Crippen LogP contribution in [-0.2, 0) is 6.54 Å². The molecule has 0 unspecified atom stereocenters. The van der Waals surface area contributed by atoms with Gasteiger partial charge in [0, 0.05) is 28.1 Å². The molecule has 2 aromatic heterocycles. The van der Waals surface area contributed by atoms with Crippen molar-refractivity contribution in [1.82, 2.24) is 19.9 Å². The second kappa shape index (κ2) is 11.9. The number of nitrogens with one attached hydrogen (secondary N) is 1. The summed E-state index contributed by atoms with van der Waals surface area (Å²) in [6.07, 6.45) is 3.57. The molecule has 1 fully saturated rings. The van der Waals surface area contributed by atoms with Gasteiger partial charge in [0.25, 0.3) is 5.91 Å². The number of nitrogens with zero attached hydrogens (tertiary/aromatic N) is 4. The highest BCUT2D eigenvalue weighted by Gasteiger charge is 2.18. The Bertz CT molecular complexity index is 1490. The van der Waals surface area contributed by atoms with E-state index in [4.69, 9.17) is 25.2 Å². The van der Waals surface area contributed by atoms with E-state index < -0.39 is 11.7 Å². The van der Waals surface area contributed by atoms with Crippen molar-refractivity contribution in [3.63, 3.8) is 0 Å². The van der Waals surface area contributed by atoms with Gasteiger partial charge in [0.2, 0.25) is 0 Å². The monoisotopic (exact) mass is 550 g/mol. The van der Waals surface area contributed by atoms with Crippen LogP contribution in [0.15, 0.2) is 35.7 Å². The molecule has 5 rings (SSSR count). The third kappa shape index (κ3) is 6.10. The Morgan fingerprint density at radius 2 is 1.79 bits per heavy atom. The lowest BCUT2D eigenvalue weighted by molar-refractivity contribution is 0.1000. The van der Waals surface area contributed by atoms with E-state index in [1.165, 1.54) is 12.5 Å². The molecule has 1 aliphatic heterocycles. The van der Waals surface area contributed by atoms with Crippen LogP contribution in [0.4, 0.5) is 15.9 Å². The fourth-order valence-electron chi connectivity index (χ4n) is 4.65. The average molecular weight is 551 g/mol. The molecule has 4 aromatic rings. The number of benzene rings is 2. The number of hydrogen-bond donors (Lipinski definition) is 2. The number of likely N-dealkylation sites (tertiary alicyclic amines) is 1. The molecule has 39 heavy (non-hydrogen) atoms. The SMILES string of the molecule is CCOc1cc2nc(CN3CCCCC3)nc(Nc3ccc(F)c(-c4csc(C(N)=O)n4)c3)c2cc1OCC. The van der Waals surface area contributed by atoms with E-state index in [2.05, 4.69) is 15.2 Å². The predicted molar refractivity (Wildman–Crippen MR) is 150 cm³/mol. The van der Waals surface area contributed by atoms with E-state index in [1.54, 1.807) is 17.5 Å². The normalized spacial score (nSPS) is 13.9. The van der Waals surface area contributed by atoms with Crippen molar-refractivity contribution in [3.8, 4) is 22.8 Å². The number of amides is 1. The first kappa shape index (κ1) is 26.8. The van der Waals surface area contributed by atoms with E-state index in [0.717, 1.165) is 48.2 Å². The molecule has 9 nitrogen and oxygen atoms in total. The number of halogens is 1. The van der Waals surface area contributed by atoms with Gasteiger partial charge in [-0.1, -0.05) is 6.42 Å². The molecule has 3 N–H and O–H groups in total. The van der Waals surface area contributed by atoms with Gasteiger partial charge < -0.3 is 20.5 Å². The van der Waals surface area contributed by atoms with Crippen LogP contribution >= 0.6 is 11.3 Å². The molecule has 0 radical (unpaired) electrons. The largest absolute Gasteiger partial charge is 0.490 e. The van der Waals surface area contributed by atoms with Gasteiger partial charge in [0.05, 0.1) is 31.0 Å². The Morgan fingerprint density at radius 1 is 1.05 bits per heavy atom. The van der Waals surface area contributed by atoms with Crippen molar-refractivity contribution in [2.24, 2.45) is 5.73 Å². The number of thiazole rings is 1.